The summed E-state index contributed by atoms with van der Waals surface area (Å²) in [6, 6.07) is 13.2. The number of nitrogens with zero attached hydrogens (tertiary/aromatic N) is 3. The normalized spacial score (nSPS) is 10.6. The first-order valence-electron chi connectivity index (χ1n) is 7.12. The average Bonchev–Trinajstić information content (AvgIpc) is 2.91. The Morgan fingerprint density at radius 3 is 2.95 bits per heavy atom. The Labute approximate surface area is 128 Å². The SMILES string of the molecule is Cc1cccc(NC(=O)NCCc2nnc3ccccn23)c1. The highest BCUT2D eigenvalue weighted by Crippen LogP contribution is 2.09. The van der Waals surface area contributed by atoms with E-state index >= 15 is 0 Å². The van der Waals surface area contributed by atoms with Gasteiger partial charge in [0.05, 0.1) is 0 Å². The molecule has 0 aliphatic heterocycles. The number of carbonyl (C=O) groups is 1. The minimum Gasteiger partial charge on any atom is -0.337 e. The predicted molar refractivity (Wildman–Crippen MR) is 84.9 cm³/mol. The van der Waals surface area contributed by atoms with Crippen LogP contribution in [-0.4, -0.2) is 27.2 Å². The molecule has 2 N–H and O–H groups in total. The molecule has 112 valence electrons. The van der Waals surface area contributed by atoms with Gasteiger partial charge in [0.25, 0.3) is 0 Å². The summed E-state index contributed by atoms with van der Waals surface area (Å²) < 4.78 is 1.92. The molecule has 6 heteroatoms. The van der Waals surface area contributed by atoms with Crippen molar-refractivity contribution >= 4 is 17.4 Å². The van der Waals surface area contributed by atoms with E-state index in [9.17, 15) is 4.79 Å². The van der Waals surface area contributed by atoms with Crippen LogP contribution >= 0.6 is 0 Å². The molecule has 3 rings (SSSR count). The summed E-state index contributed by atoms with van der Waals surface area (Å²) in [7, 11) is 0. The number of benzene rings is 1. The smallest absolute Gasteiger partial charge is 0.319 e. The summed E-state index contributed by atoms with van der Waals surface area (Å²) >= 11 is 0. The number of urea groups is 1. The van der Waals surface area contributed by atoms with Crippen molar-refractivity contribution in [3.8, 4) is 0 Å². The van der Waals surface area contributed by atoms with Gasteiger partial charge in [-0.25, -0.2) is 4.79 Å². The number of hydrogen-bond donors (Lipinski definition) is 2. The molecule has 0 fully saturated rings. The summed E-state index contributed by atoms with van der Waals surface area (Å²) in [5.74, 6) is 0.825. The molecule has 1 aromatic carbocycles. The zero-order valence-corrected chi connectivity index (χ0v) is 12.3. The number of amides is 2. The van der Waals surface area contributed by atoms with E-state index in [-0.39, 0.29) is 6.03 Å². The van der Waals surface area contributed by atoms with Crippen LogP contribution in [0.3, 0.4) is 0 Å². The average molecular weight is 295 g/mol. The van der Waals surface area contributed by atoms with Crippen LogP contribution in [0.1, 0.15) is 11.4 Å². The molecule has 0 aliphatic rings. The van der Waals surface area contributed by atoms with Gasteiger partial charge < -0.3 is 10.6 Å². The van der Waals surface area contributed by atoms with Gasteiger partial charge in [0.2, 0.25) is 0 Å². The Bertz CT molecular complexity index is 796. The van der Waals surface area contributed by atoms with Crippen molar-refractivity contribution < 1.29 is 4.79 Å². The number of nitrogens with one attached hydrogen (secondary N) is 2. The third-order valence-corrected chi connectivity index (χ3v) is 3.29. The maximum absolute atomic E-state index is 11.9. The van der Waals surface area contributed by atoms with Crippen LogP contribution < -0.4 is 10.6 Å². The quantitative estimate of drug-likeness (QED) is 0.776. The molecule has 0 aliphatic carbocycles. The lowest BCUT2D eigenvalue weighted by atomic mass is 10.2. The van der Waals surface area contributed by atoms with E-state index in [2.05, 4.69) is 20.8 Å². The van der Waals surface area contributed by atoms with Crippen LogP contribution in [0.4, 0.5) is 10.5 Å². The second kappa shape index (κ2) is 6.26. The maximum Gasteiger partial charge on any atom is 0.319 e. The minimum absolute atomic E-state index is 0.223. The number of hydrogen-bond acceptors (Lipinski definition) is 3. The van der Waals surface area contributed by atoms with E-state index in [1.54, 1.807) is 0 Å². The summed E-state index contributed by atoms with van der Waals surface area (Å²) in [6.45, 7) is 2.48. The van der Waals surface area contributed by atoms with Crippen molar-refractivity contribution in [2.75, 3.05) is 11.9 Å². The van der Waals surface area contributed by atoms with Crippen molar-refractivity contribution in [1.82, 2.24) is 19.9 Å². The van der Waals surface area contributed by atoms with Gasteiger partial charge in [0.15, 0.2) is 5.65 Å². The van der Waals surface area contributed by atoms with E-state index in [0.29, 0.717) is 13.0 Å². The van der Waals surface area contributed by atoms with Crippen LogP contribution in [-0.2, 0) is 6.42 Å². The molecule has 0 spiro atoms. The van der Waals surface area contributed by atoms with E-state index in [4.69, 9.17) is 0 Å². The van der Waals surface area contributed by atoms with Gasteiger partial charge in [-0.3, -0.25) is 4.40 Å². The lowest BCUT2D eigenvalue weighted by Gasteiger charge is -2.07. The number of aryl methyl sites for hydroxylation is 1. The number of rotatable bonds is 4. The van der Waals surface area contributed by atoms with Crippen LogP contribution in [0, 0.1) is 6.92 Å². The molecule has 0 radical (unpaired) electrons. The van der Waals surface area contributed by atoms with E-state index in [1.165, 1.54) is 0 Å². The third-order valence-electron chi connectivity index (χ3n) is 3.29. The van der Waals surface area contributed by atoms with E-state index in [0.717, 1.165) is 22.7 Å². The molecule has 0 bridgehead atoms. The largest absolute Gasteiger partial charge is 0.337 e. The molecule has 6 nitrogen and oxygen atoms in total. The van der Waals surface area contributed by atoms with Crippen LogP contribution in [0.2, 0.25) is 0 Å². The highest BCUT2D eigenvalue weighted by atomic mass is 16.2. The molecule has 3 aromatic rings. The van der Waals surface area contributed by atoms with Gasteiger partial charge in [-0.05, 0) is 36.8 Å². The highest BCUT2D eigenvalue weighted by Gasteiger charge is 2.06. The standard InChI is InChI=1S/C16H17N5O/c1-12-5-4-6-13(11-12)18-16(22)17-9-8-15-20-19-14-7-2-3-10-21(14)15/h2-7,10-11H,8-9H2,1H3,(H2,17,18,22). The fraction of sp³-hybridized carbons (Fsp3) is 0.188. The summed E-state index contributed by atoms with van der Waals surface area (Å²) in [5, 5.41) is 13.8. The first kappa shape index (κ1) is 14.1. The summed E-state index contributed by atoms with van der Waals surface area (Å²) in [5.41, 5.74) is 2.69. The second-order valence-electron chi connectivity index (χ2n) is 5.05. The number of pyridine rings is 1. The lowest BCUT2D eigenvalue weighted by Crippen LogP contribution is -2.30. The fourth-order valence-corrected chi connectivity index (χ4v) is 2.25. The van der Waals surface area contributed by atoms with Crippen molar-refractivity contribution in [2.45, 2.75) is 13.3 Å². The molecule has 0 atom stereocenters. The second-order valence-corrected chi connectivity index (χ2v) is 5.05. The number of carbonyl (C=O) groups excluding carboxylic acids is 1. The van der Waals surface area contributed by atoms with Crippen molar-refractivity contribution in [1.29, 1.82) is 0 Å². The van der Waals surface area contributed by atoms with Gasteiger partial charge >= 0.3 is 6.03 Å². The molecular weight excluding hydrogens is 278 g/mol. The molecule has 0 saturated heterocycles. The van der Waals surface area contributed by atoms with Crippen molar-refractivity contribution in [2.24, 2.45) is 0 Å². The van der Waals surface area contributed by atoms with Gasteiger partial charge in [0.1, 0.15) is 5.82 Å². The maximum atomic E-state index is 11.9. The molecule has 2 amide bonds. The molecule has 0 saturated carbocycles. The van der Waals surface area contributed by atoms with E-state index < -0.39 is 0 Å². The van der Waals surface area contributed by atoms with E-state index in [1.807, 2.05) is 60.0 Å². The van der Waals surface area contributed by atoms with Crippen LogP contribution in [0.15, 0.2) is 48.7 Å². The van der Waals surface area contributed by atoms with Crippen molar-refractivity contribution in [3.63, 3.8) is 0 Å². The third kappa shape index (κ3) is 3.22. The van der Waals surface area contributed by atoms with Crippen LogP contribution in [0.25, 0.3) is 5.65 Å². The minimum atomic E-state index is -0.223. The summed E-state index contributed by atoms with van der Waals surface area (Å²) in [6.07, 6.45) is 2.53. The Hall–Kier alpha value is -2.89. The summed E-state index contributed by atoms with van der Waals surface area (Å²) in [4.78, 5) is 11.9. The zero-order valence-electron chi connectivity index (χ0n) is 12.3. The highest BCUT2D eigenvalue weighted by molar-refractivity contribution is 5.89. The molecule has 2 heterocycles. The van der Waals surface area contributed by atoms with Crippen LogP contribution in [0.5, 0.6) is 0 Å². The predicted octanol–water partition coefficient (Wildman–Crippen LogP) is 2.40. The number of anilines is 1. The topological polar surface area (TPSA) is 71.3 Å². The Morgan fingerprint density at radius 1 is 1.18 bits per heavy atom. The van der Waals surface area contributed by atoms with Gasteiger partial charge in [-0.15, -0.1) is 10.2 Å². The number of fused-ring (bicyclic) bond motifs is 1. The zero-order chi connectivity index (χ0) is 15.4. The molecule has 0 unspecified atom stereocenters. The Kier molecular flexibility index (Phi) is 4.00. The lowest BCUT2D eigenvalue weighted by molar-refractivity contribution is 0.252. The molecule has 22 heavy (non-hydrogen) atoms. The first-order chi connectivity index (χ1) is 10.7. The molecular formula is C16H17N5O. The van der Waals surface area contributed by atoms with Gasteiger partial charge in [0, 0.05) is 24.8 Å². The fourth-order valence-electron chi connectivity index (χ4n) is 2.25. The Morgan fingerprint density at radius 2 is 2.09 bits per heavy atom. The van der Waals surface area contributed by atoms with Gasteiger partial charge in [-0.2, -0.15) is 0 Å². The first-order valence-corrected chi connectivity index (χ1v) is 7.12. The monoisotopic (exact) mass is 295 g/mol. The molecule has 2 aromatic heterocycles. The number of aromatic nitrogens is 3. The Balaban J connectivity index is 1.53. The van der Waals surface area contributed by atoms with Gasteiger partial charge in [-0.1, -0.05) is 18.2 Å². The van der Waals surface area contributed by atoms with Crippen molar-refractivity contribution in [3.05, 3.63) is 60.0 Å².